The largest absolute Gasteiger partial charge is 0.455 e. The Balaban J connectivity index is 1.88. The van der Waals surface area contributed by atoms with Gasteiger partial charge in [0.1, 0.15) is 0 Å². The van der Waals surface area contributed by atoms with Gasteiger partial charge in [0.15, 0.2) is 0 Å². The fourth-order valence-corrected chi connectivity index (χ4v) is 2.51. The minimum Gasteiger partial charge on any atom is -0.337 e. The van der Waals surface area contributed by atoms with Crippen LogP contribution >= 0.6 is 0 Å². The molecule has 1 atom stereocenters. The van der Waals surface area contributed by atoms with Gasteiger partial charge in [-0.25, -0.2) is 4.79 Å². The van der Waals surface area contributed by atoms with Crippen molar-refractivity contribution in [2.75, 3.05) is 26.7 Å². The molecular weight excluding hydrogens is 315 g/mol. The van der Waals surface area contributed by atoms with Crippen LogP contribution in [0.25, 0.3) is 0 Å². The van der Waals surface area contributed by atoms with Gasteiger partial charge in [0.05, 0.1) is 6.54 Å². The van der Waals surface area contributed by atoms with Crippen LogP contribution in [0.5, 0.6) is 0 Å². The number of hydrogen-bond acceptors (Lipinski definition) is 5. The minimum atomic E-state index is -4.66. The third kappa shape index (κ3) is 4.34. The average molecular weight is 335 g/mol. The molecule has 7 nitrogen and oxygen atoms in total. The second-order valence-electron chi connectivity index (χ2n) is 5.91. The van der Waals surface area contributed by atoms with Crippen molar-refractivity contribution >= 4 is 6.03 Å². The topological polar surface area (TPSA) is 74.5 Å². The summed E-state index contributed by atoms with van der Waals surface area (Å²) in [5, 5.41) is 5.35. The molecule has 130 valence electrons. The van der Waals surface area contributed by atoms with Crippen LogP contribution < -0.4 is 5.32 Å². The lowest BCUT2D eigenvalue weighted by molar-refractivity contribution is -0.146. The molecule has 0 spiro atoms. The van der Waals surface area contributed by atoms with Gasteiger partial charge in [-0.3, -0.25) is 4.90 Å². The van der Waals surface area contributed by atoms with Crippen molar-refractivity contribution in [2.45, 2.75) is 32.6 Å². The van der Waals surface area contributed by atoms with Gasteiger partial charge in [0, 0.05) is 25.7 Å². The molecule has 1 N–H and O–H groups in total. The Bertz CT molecular complexity index is 546. The second kappa shape index (κ2) is 6.73. The predicted molar refractivity (Wildman–Crippen MR) is 74.4 cm³/mol. The first-order valence-corrected chi connectivity index (χ1v) is 7.31. The summed E-state index contributed by atoms with van der Waals surface area (Å²) in [6, 6.07) is -0.106. The summed E-state index contributed by atoms with van der Waals surface area (Å²) in [5.41, 5.74) is 0. The molecule has 10 heteroatoms. The van der Waals surface area contributed by atoms with E-state index in [1.807, 2.05) is 7.05 Å². The molecular formula is C13H20F3N5O2. The summed E-state index contributed by atoms with van der Waals surface area (Å²) in [7, 11) is 2.01. The number of halogens is 3. The Morgan fingerprint density at radius 2 is 2.13 bits per heavy atom. The second-order valence-corrected chi connectivity index (χ2v) is 5.91. The summed E-state index contributed by atoms with van der Waals surface area (Å²) >= 11 is 0. The van der Waals surface area contributed by atoms with E-state index in [1.165, 1.54) is 0 Å². The number of rotatable bonds is 3. The first kappa shape index (κ1) is 17.5. The molecule has 0 aliphatic carbocycles. The van der Waals surface area contributed by atoms with E-state index in [4.69, 9.17) is 0 Å². The first-order chi connectivity index (χ1) is 10.7. The lowest BCUT2D eigenvalue weighted by Gasteiger charge is -2.41. The molecule has 23 heavy (non-hydrogen) atoms. The maximum Gasteiger partial charge on any atom is 0.455 e. The number of nitrogens with one attached hydrogen (secondary N) is 1. The predicted octanol–water partition coefficient (Wildman–Crippen LogP) is 1.57. The monoisotopic (exact) mass is 335 g/mol. The molecule has 2 amide bonds. The summed E-state index contributed by atoms with van der Waals surface area (Å²) in [5.74, 6) is -1.23. The molecule has 2 rings (SSSR count). The van der Waals surface area contributed by atoms with Crippen LogP contribution in [-0.2, 0) is 12.7 Å². The number of aromatic nitrogens is 2. The Morgan fingerprint density at radius 1 is 1.43 bits per heavy atom. The number of nitrogens with zero attached hydrogens (tertiary/aromatic N) is 4. The summed E-state index contributed by atoms with van der Waals surface area (Å²) in [6.07, 6.45) is -4.66. The van der Waals surface area contributed by atoms with Crippen molar-refractivity contribution in [1.82, 2.24) is 25.3 Å². The highest BCUT2D eigenvalue weighted by atomic mass is 19.4. The van der Waals surface area contributed by atoms with Crippen LogP contribution in [0, 0.1) is 5.92 Å². The zero-order valence-electron chi connectivity index (χ0n) is 13.2. The van der Waals surface area contributed by atoms with Gasteiger partial charge >= 0.3 is 12.2 Å². The third-order valence-corrected chi connectivity index (χ3v) is 3.87. The molecule has 0 unspecified atom stereocenters. The fourth-order valence-electron chi connectivity index (χ4n) is 2.51. The van der Waals surface area contributed by atoms with Crippen LogP contribution in [0.2, 0.25) is 0 Å². The normalized spacial score (nSPS) is 20.1. The molecule has 0 bridgehead atoms. The van der Waals surface area contributed by atoms with Crippen LogP contribution in [0.3, 0.4) is 0 Å². The number of piperazine rings is 1. The molecule has 2 heterocycles. The first-order valence-electron chi connectivity index (χ1n) is 7.31. The Morgan fingerprint density at radius 3 is 2.70 bits per heavy atom. The number of carbonyl (C=O) groups is 1. The van der Waals surface area contributed by atoms with E-state index in [2.05, 4.69) is 38.7 Å². The molecule has 1 saturated heterocycles. The summed E-state index contributed by atoms with van der Waals surface area (Å²) in [6.45, 7) is 5.80. The average Bonchev–Trinajstić information content (AvgIpc) is 2.94. The quantitative estimate of drug-likeness (QED) is 0.908. The van der Waals surface area contributed by atoms with Crippen LogP contribution in [-0.4, -0.2) is 58.7 Å². The molecule has 0 radical (unpaired) electrons. The lowest BCUT2D eigenvalue weighted by atomic mass is 10.0. The maximum atomic E-state index is 12.4. The summed E-state index contributed by atoms with van der Waals surface area (Å²) < 4.78 is 41.6. The Kier molecular flexibility index (Phi) is 5.12. The van der Waals surface area contributed by atoms with Crippen molar-refractivity contribution in [3.63, 3.8) is 0 Å². The third-order valence-electron chi connectivity index (χ3n) is 3.87. The van der Waals surface area contributed by atoms with E-state index in [-0.39, 0.29) is 24.5 Å². The van der Waals surface area contributed by atoms with Gasteiger partial charge < -0.3 is 14.7 Å². The van der Waals surface area contributed by atoms with Crippen molar-refractivity contribution in [3.8, 4) is 0 Å². The fraction of sp³-hybridized carbons (Fsp3) is 0.769. The standard InChI is InChI=1S/C13H20F3N5O2/c1-8(2)9-7-21(5-4-20(9)3)12(22)17-6-10-18-11(19-23-10)13(14,15)16/h8-9H,4-7H2,1-3H3,(H,17,22)/t9-/m1/s1. The highest BCUT2D eigenvalue weighted by molar-refractivity contribution is 5.74. The number of hydrogen-bond donors (Lipinski definition) is 1. The molecule has 1 aromatic heterocycles. The van der Waals surface area contributed by atoms with Crippen molar-refractivity contribution < 1.29 is 22.5 Å². The SMILES string of the molecule is CC(C)[C@H]1CN(C(=O)NCc2nc(C(F)(F)F)no2)CCN1C. The highest BCUT2D eigenvalue weighted by Crippen LogP contribution is 2.26. The van der Waals surface area contributed by atoms with E-state index in [0.29, 0.717) is 19.0 Å². The Hall–Kier alpha value is -1.84. The van der Waals surface area contributed by atoms with Crippen LogP contribution in [0.15, 0.2) is 4.52 Å². The van der Waals surface area contributed by atoms with Crippen molar-refractivity contribution in [2.24, 2.45) is 5.92 Å². The molecule has 0 saturated carbocycles. The number of amides is 2. The van der Waals surface area contributed by atoms with E-state index in [9.17, 15) is 18.0 Å². The molecule has 1 fully saturated rings. The van der Waals surface area contributed by atoms with E-state index in [0.717, 1.165) is 6.54 Å². The Labute approximate surface area is 131 Å². The summed E-state index contributed by atoms with van der Waals surface area (Å²) in [4.78, 5) is 19.2. The van der Waals surface area contributed by atoms with Gasteiger partial charge in [-0.05, 0) is 13.0 Å². The van der Waals surface area contributed by atoms with Crippen LogP contribution in [0.4, 0.5) is 18.0 Å². The minimum absolute atomic E-state index is 0.236. The zero-order valence-corrected chi connectivity index (χ0v) is 13.2. The van der Waals surface area contributed by atoms with E-state index in [1.54, 1.807) is 4.90 Å². The van der Waals surface area contributed by atoms with Gasteiger partial charge in [-0.2, -0.15) is 18.2 Å². The van der Waals surface area contributed by atoms with Gasteiger partial charge in [-0.1, -0.05) is 19.0 Å². The zero-order chi connectivity index (χ0) is 17.2. The number of likely N-dealkylation sites (N-methyl/N-ethyl adjacent to an activating group) is 1. The molecule has 0 aromatic carbocycles. The molecule has 1 aliphatic rings. The van der Waals surface area contributed by atoms with Crippen molar-refractivity contribution in [1.29, 1.82) is 0 Å². The van der Waals surface area contributed by atoms with E-state index >= 15 is 0 Å². The van der Waals surface area contributed by atoms with E-state index < -0.39 is 12.0 Å². The van der Waals surface area contributed by atoms with Crippen LogP contribution in [0.1, 0.15) is 25.6 Å². The smallest absolute Gasteiger partial charge is 0.337 e. The van der Waals surface area contributed by atoms with Gasteiger partial charge in [0.25, 0.3) is 5.82 Å². The molecule has 1 aromatic rings. The van der Waals surface area contributed by atoms with Crippen molar-refractivity contribution in [3.05, 3.63) is 11.7 Å². The highest BCUT2D eigenvalue weighted by Gasteiger charge is 2.37. The number of alkyl halides is 3. The number of urea groups is 1. The molecule has 1 aliphatic heterocycles. The van der Waals surface area contributed by atoms with Gasteiger partial charge in [0.2, 0.25) is 5.89 Å². The lowest BCUT2D eigenvalue weighted by Crippen LogP contribution is -2.57. The number of carbonyl (C=O) groups excluding carboxylic acids is 1. The van der Waals surface area contributed by atoms with Gasteiger partial charge in [-0.15, -0.1) is 0 Å². The maximum absolute atomic E-state index is 12.4.